The van der Waals surface area contributed by atoms with Crippen molar-refractivity contribution >= 4 is 0 Å². The van der Waals surface area contributed by atoms with Gasteiger partial charge in [-0.3, -0.25) is 0 Å². The number of rotatable bonds is 3. The van der Waals surface area contributed by atoms with E-state index in [1.54, 1.807) is 0 Å². The van der Waals surface area contributed by atoms with Crippen LogP contribution in [-0.4, -0.2) is 11.2 Å². The first-order chi connectivity index (χ1) is 5.99. The van der Waals surface area contributed by atoms with Crippen LogP contribution in [0.3, 0.4) is 0 Å². The number of hydrogen-bond acceptors (Lipinski definition) is 1. The van der Waals surface area contributed by atoms with Crippen LogP contribution in [0, 0.1) is 11.3 Å². The Balaban J connectivity index is 2.26. The fourth-order valence-corrected chi connectivity index (χ4v) is 2.58. The molecule has 2 unspecified atom stereocenters. The fourth-order valence-electron chi connectivity index (χ4n) is 2.58. The van der Waals surface area contributed by atoms with Crippen LogP contribution in [-0.2, 0) is 0 Å². The Hall–Kier alpha value is -0.0400. The second-order valence-corrected chi connectivity index (χ2v) is 5.55. The lowest BCUT2D eigenvalue weighted by Crippen LogP contribution is -2.23. The molecule has 0 aromatic carbocycles. The van der Waals surface area contributed by atoms with Gasteiger partial charge >= 0.3 is 0 Å². The van der Waals surface area contributed by atoms with Crippen molar-refractivity contribution in [1.82, 2.24) is 0 Å². The van der Waals surface area contributed by atoms with Crippen LogP contribution >= 0.6 is 0 Å². The molecule has 0 aromatic rings. The zero-order valence-corrected chi connectivity index (χ0v) is 9.34. The van der Waals surface area contributed by atoms with Gasteiger partial charge in [-0.15, -0.1) is 0 Å². The van der Waals surface area contributed by atoms with Gasteiger partial charge in [0.05, 0.1) is 6.10 Å². The van der Waals surface area contributed by atoms with E-state index in [9.17, 15) is 5.11 Å². The molecular formula is C12H24O. The second-order valence-electron chi connectivity index (χ2n) is 5.55. The van der Waals surface area contributed by atoms with Gasteiger partial charge in [-0.2, -0.15) is 0 Å². The summed E-state index contributed by atoms with van der Waals surface area (Å²) < 4.78 is 0. The van der Waals surface area contributed by atoms with Crippen molar-refractivity contribution in [2.45, 2.75) is 65.4 Å². The molecule has 1 fully saturated rings. The molecule has 1 N–H and O–H groups in total. The van der Waals surface area contributed by atoms with E-state index in [4.69, 9.17) is 0 Å². The van der Waals surface area contributed by atoms with Gasteiger partial charge < -0.3 is 5.11 Å². The third kappa shape index (κ3) is 4.12. The molecule has 0 amide bonds. The summed E-state index contributed by atoms with van der Waals surface area (Å²) in [7, 11) is 0. The van der Waals surface area contributed by atoms with Gasteiger partial charge in [0.1, 0.15) is 0 Å². The molecular weight excluding hydrogens is 160 g/mol. The highest BCUT2D eigenvalue weighted by Crippen LogP contribution is 2.40. The van der Waals surface area contributed by atoms with Gasteiger partial charge in [-0.05, 0) is 43.9 Å². The Morgan fingerprint density at radius 2 is 2.15 bits per heavy atom. The number of aliphatic hydroxyl groups is 1. The van der Waals surface area contributed by atoms with Crippen molar-refractivity contribution < 1.29 is 5.11 Å². The normalized spacial score (nSPS) is 30.0. The van der Waals surface area contributed by atoms with Crippen LogP contribution in [0.4, 0.5) is 0 Å². The lowest BCUT2D eigenvalue weighted by molar-refractivity contribution is 0.136. The number of hydrogen-bond donors (Lipinski definition) is 1. The summed E-state index contributed by atoms with van der Waals surface area (Å²) in [6, 6.07) is 0. The first-order valence-electron chi connectivity index (χ1n) is 5.68. The topological polar surface area (TPSA) is 20.2 Å². The number of aliphatic hydroxyl groups excluding tert-OH is 1. The fraction of sp³-hybridized carbons (Fsp3) is 1.00. The van der Waals surface area contributed by atoms with Crippen LogP contribution in [0.5, 0.6) is 0 Å². The zero-order chi connectivity index (χ0) is 9.90. The summed E-state index contributed by atoms with van der Waals surface area (Å²) in [6.07, 6.45) is 7.62. The lowest BCUT2D eigenvalue weighted by Gasteiger charge is -2.35. The smallest absolute Gasteiger partial charge is 0.0512 e. The van der Waals surface area contributed by atoms with Crippen molar-refractivity contribution in [2.75, 3.05) is 0 Å². The molecule has 78 valence electrons. The molecule has 13 heavy (non-hydrogen) atoms. The van der Waals surface area contributed by atoms with Crippen LogP contribution in [0.2, 0.25) is 0 Å². The summed E-state index contributed by atoms with van der Waals surface area (Å²) in [6.45, 7) is 6.65. The average molecular weight is 184 g/mol. The van der Waals surface area contributed by atoms with E-state index in [2.05, 4.69) is 13.8 Å². The highest BCUT2D eigenvalue weighted by Gasteiger charge is 2.27. The predicted molar refractivity (Wildman–Crippen MR) is 56.7 cm³/mol. The zero-order valence-electron chi connectivity index (χ0n) is 9.34. The van der Waals surface area contributed by atoms with Crippen LogP contribution in [0.25, 0.3) is 0 Å². The average Bonchev–Trinajstić information content (AvgIpc) is 1.99. The Labute approximate surface area is 82.5 Å². The summed E-state index contributed by atoms with van der Waals surface area (Å²) in [5.74, 6) is 0.873. The summed E-state index contributed by atoms with van der Waals surface area (Å²) in [5.41, 5.74) is 0.557. The van der Waals surface area contributed by atoms with Gasteiger partial charge in [0, 0.05) is 0 Å². The summed E-state index contributed by atoms with van der Waals surface area (Å²) >= 11 is 0. The van der Waals surface area contributed by atoms with Crippen molar-refractivity contribution in [3.63, 3.8) is 0 Å². The van der Waals surface area contributed by atoms with Crippen molar-refractivity contribution in [3.8, 4) is 0 Å². The molecule has 0 bridgehead atoms. The summed E-state index contributed by atoms with van der Waals surface area (Å²) in [4.78, 5) is 0. The highest BCUT2D eigenvalue weighted by atomic mass is 16.3. The maximum Gasteiger partial charge on any atom is 0.0512 e. The molecule has 0 aromatic heterocycles. The van der Waals surface area contributed by atoms with Gasteiger partial charge in [0.25, 0.3) is 0 Å². The third-order valence-electron chi connectivity index (χ3n) is 3.30. The first kappa shape index (κ1) is 11.0. The van der Waals surface area contributed by atoms with Crippen LogP contribution in [0.15, 0.2) is 0 Å². The van der Waals surface area contributed by atoms with E-state index >= 15 is 0 Å². The van der Waals surface area contributed by atoms with Gasteiger partial charge in [-0.25, -0.2) is 0 Å². The van der Waals surface area contributed by atoms with Gasteiger partial charge in [-0.1, -0.05) is 26.7 Å². The largest absolute Gasteiger partial charge is 0.393 e. The molecule has 0 heterocycles. The molecule has 1 aliphatic carbocycles. The Morgan fingerprint density at radius 3 is 2.69 bits per heavy atom. The van der Waals surface area contributed by atoms with Crippen molar-refractivity contribution in [1.29, 1.82) is 0 Å². The maximum absolute atomic E-state index is 9.21. The molecule has 0 aliphatic heterocycles. The molecule has 1 nitrogen and oxygen atoms in total. The monoisotopic (exact) mass is 184 g/mol. The van der Waals surface area contributed by atoms with E-state index in [1.165, 1.54) is 32.1 Å². The molecule has 1 saturated carbocycles. The van der Waals surface area contributed by atoms with Crippen molar-refractivity contribution in [2.24, 2.45) is 11.3 Å². The summed E-state index contributed by atoms with van der Waals surface area (Å²) in [5, 5.41) is 9.21. The van der Waals surface area contributed by atoms with Crippen molar-refractivity contribution in [3.05, 3.63) is 0 Å². The quantitative estimate of drug-likeness (QED) is 0.713. The molecule has 0 radical (unpaired) electrons. The van der Waals surface area contributed by atoms with E-state index < -0.39 is 0 Å². The van der Waals surface area contributed by atoms with Crippen LogP contribution < -0.4 is 0 Å². The Kier molecular flexibility index (Phi) is 3.78. The molecule has 1 aliphatic rings. The third-order valence-corrected chi connectivity index (χ3v) is 3.30. The van der Waals surface area contributed by atoms with Gasteiger partial charge in [0.2, 0.25) is 0 Å². The molecule has 0 saturated heterocycles. The maximum atomic E-state index is 9.21. The second kappa shape index (κ2) is 4.45. The SMILES string of the molecule is CC(O)CCC1CCCC(C)(C)C1. The van der Waals surface area contributed by atoms with E-state index in [0.29, 0.717) is 5.41 Å². The minimum absolute atomic E-state index is 0.106. The predicted octanol–water partition coefficient (Wildman–Crippen LogP) is 3.36. The highest BCUT2D eigenvalue weighted by molar-refractivity contribution is 4.79. The van der Waals surface area contributed by atoms with Crippen LogP contribution in [0.1, 0.15) is 59.3 Å². The van der Waals surface area contributed by atoms with E-state index in [-0.39, 0.29) is 6.10 Å². The Morgan fingerprint density at radius 1 is 1.46 bits per heavy atom. The molecule has 1 rings (SSSR count). The lowest BCUT2D eigenvalue weighted by atomic mass is 9.71. The molecule has 2 atom stereocenters. The van der Waals surface area contributed by atoms with E-state index in [1.807, 2.05) is 6.92 Å². The molecule has 1 heteroatoms. The minimum Gasteiger partial charge on any atom is -0.393 e. The van der Waals surface area contributed by atoms with E-state index in [0.717, 1.165) is 12.3 Å². The molecule has 0 spiro atoms. The standard InChI is InChI=1S/C12H24O/c1-10(13)6-7-11-5-4-8-12(2,3)9-11/h10-11,13H,4-9H2,1-3H3. The Bertz CT molecular complexity index is 149. The first-order valence-corrected chi connectivity index (χ1v) is 5.68. The minimum atomic E-state index is -0.106. The van der Waals surface area contributed by atoms with Gasteiger partial charge in [0.15, 0.2) is 0 Å².